The van der Waals surface area contributed by atoms with Gasteiger partial charge in [-0.05, 0) is 30.9 Å². The Labute approximate surface area is 146 Å². The Morgan fingerprint density at radius 1 is 1.21 bits per heavy atom. The van der Waals surface area contributed by atoms with E-state index in [0.29, 0.717) is 11.1 Å². The van der Waals surface area contributed by atoms with Gasteiger partial charge in [-0.1, -0.05) is 37.3 Å². The summed E-state index contributed by atoms with van der Waals surface area (Å²) in [6, 6.07) is 13.9. The van der Waals surface area contributed by atoms with Gasteiger partial charge in [-0.15, -0.1) is 11.8 Å². The number of ether oxygens (including phenoxy) is 1. The van der Waals surface area contributed by atoms with E-state index >= 15 is 0 Å². The number of rotatable bonds is 7. The van der Waals surface area contributed by atoms with Gasteiger partial charge in [0.2, 0.25) is 0 Å². The van der Waals surface area contributed by atoms with Crippen molar-refractivity contribution in [3.05, 3.63) is 65.5 Å². The molecular weight excluding hydrogens is 325 g/mol. The van der Waals surface area contributed by atoms with Crippen LogP contribution in [0.2, 0.25) is 0 Å². The molecule has 2 aromatic rings. The molecule has 2 rings (SSSR count). The SMILES string of the molecule is CCSc1ccccc1C(=O)NCC(C)(OC)c1ccccc1F. The van der Waals surface area contributed by atoms with Crippen molar-refractivity contribution < 1.29 is 13.9 Å². The van der Waals surface area contributed by atoms with E-state index in [-0.39, 0.29) is 18.3 Å². The summed E-state index contributed by atoms with van der Waals surface area (Å²) in [4.78, 5) is 13.5. The third kappa shape index (κ3) is 4.16. The minimum atomic E-state index is -0.937. The summed E-state index contributed by atoms with van der Waals surface area (Å²) in [5.41, 5.74) is 0.105. The molecule has 0 saturated carbocycles. The first-order valence-corrected chi connectivity index (χ1v) is 8.80. The predicted molar refractivity (Wildman–Crippen MR) is 95.9 cm³/mol. The fourth-order valence-electron chi connectivity index (χ4n) is 2.45. The van der Waals surface area contributed by atoms with Crippen molar-refractivity contribution in [2.24, 2.45) is 0 Å². The topological polar surface area (TPSA) is 38.3 Å². The Balaban J connectivity index is 2.16. The molecule has 0 bridgehead atoms. The Hall–Kier alpha value is -1.85. The van der Waals surface area contributed by atoms with Crippen molar-refractivity contribution in [2.75, 3.05) is 19.4 Å². The highest BCUT2D eigenvalue weighted by molar-refractivity contribution is 7.99. The zero-order valence-electron chi connectivity index (χ0n) is 14.1. The van der Waals surface area contributed by atoms with Crippen LogP contribution in [-0.2, 0) is 10.3 Å². The number of carbonyl (C=O) groups excluding carboxylic acids is 1. The molecule has 1 N–H and O–H groups in total. The zero-order chi connectivity index (χ0) is 17.6. The van der Waals surface area contributed by atoms with Gasteiger partial charge in [0.05, 0.1) is 12.1 Å². The summed E-state index contributed by atoms with van der Waals surface area (Å²) in [6.45, 7) is 3.98. The van der Waals surface area contributed by atoms with E-state index in [1.807, 2.05) is 25.1 Å². The van der Waals surface area contributed by atoms with Gasteiger partial charge in [-0.2, -0.15) is 0 Å². The lowest BCUT2D eigenvalue weighted by atomic mass is 9.95. The van der Waals surface area contributed by atoms with Crippen molar-refractivity contribution in [1.29, 1.82) is 0 Å². The number of hydrogen-bond donors (Lipinski definition) is 1. The second-order valence-electron chi connectivity index (χ2n) is 5.53. The highest BCUT2D eigenvalue weighted by Gasteiger charge is 2.30. The lowest BCUT2D eigenvalue weighted by Gasteiger charge is -2.29. The fourth-order valence-corrected chi connectivity index (χ4v) is 3.25. The molecule has 5 heteroatoms. The van der Waals surface area contributed by atoms with Gasteiger partial charge in [-0.3, -0.25) is 4.79 Å². The first-order chi connectivity index (χ1) is 11.5. The van der Waals surface area contributed by atoms with Crippen molar-refractivity contribution >= 4 is 17.7 Å². The molecule has 128 valence electrons. The smallest absolute Gasteiger partial charge is 0.252 e. The standard InChI is InChI=1S/C19H22FNO2S/c1-4-24-17-12-8-5-9-14(17)18(22)21-13-19(2,23-3)15-10-6-7-11-16(15)20/h5-12H,4,13H2,1-3H3,(H,21,22). The largest absolute Gasteiger partial charge is 0.372 e. The van der Waals surface area contributed by atoms with Crippen molar-refractivity contribution in [3.8, 4) is 0 Å². The number of amides is 1. The fraction of sp³-hybridized carbons (Fsp3) is 0.316. The molecule has 2 aromatic carbocycles. The van der Waals surface area contributed by atoms with Crippen molar-refractivity contribution in [2.45, 2.75) is 24.3 Å². The third-order valence-corrected chi connectivity index (χ3v) is 4.87. The van der Waals surface area contributed by atoms with Crippen LogP contribution in [0, 0.1) is 5.82 Å². The van der Waals surface area contributed by atoms with Crippen LogP contribution in [0.1, 0.15) is 29.8 Å². The van der Waals surface area contributed by atoms with E-state index in [1.54, 1.807) is 43.0 Å². The summed E-state index contributed by atoms with van der Waals surface area (Å²) in [6.07, 6.45) is 0. The van der Waals surface area contributed by atoms with E-state index < -0.39 is 5.60 Å². The molecule has 0 aliphatic carbocycles. The quantitative estimate of drug-likeness (QED) is 0.762. The molecular formula is C19H22FNO2S. The first kappa shape index (κ1) is 18.5. The van der Waals surface area contributed by atoms with Crippen LogP contribution >= 0.6 is 11.8 Å². The van der Waals surface area contributed by atoms with Gasteiger partial charge >= 0.3 is 0 Å². The average molecular weight is 347 g/mol. The average Bonchev–Trinajstić information content (AvgIpc) is 2.60. The molecule has 0 fully saturated rings. The molecule has 1 amide bonds. The van der Waals surface area contributed by atoms with Gasteiger partial charge in [0, 0.05) is 17.6 Å². The Morgan fingerprint density at radius 3 is 2.54 bits per heavy atom. The number of methoxy groups -OCH3 is 1. The molecule has 1 unspecified atom stereocenters. The minimum Gasteiger partial charge on any atom is -0.372 e. The molecule has 0 heterocycles. The number of nitrogens with one attached hydrogen (secondary N) is 1. The molecule has 1 atom stereocenters. The van der Waals surface area contributed by atoms with Crippen LogP contribution in [-0.4, -0.2) is 25.3 Å². The lowest BCUT2D eigenvalue weighted by Crippen LogP contribution is -2.40. The summed E-state index contributed by atoms with van der Waals surface area (Å²) >= 11 is 1.62. The first-order valence-electron chi connectivity index (χ1n) is 7.82. The van der Waals surface area contributed by atoms with Gasteiger partial charge in [0.15, 0.2) is 0 Å². The number of thioether (sulfide) groups is 1. The highest BCUT2D eigenvalue weighted by atomic mass is 32.2. The number of halogens is 1. The van der Waals surface area contributed by atoms with Gasteiger partial charge in [0.1, 0.15) is 11.4 Å². The van der Waals surface area contributed by atoms with E-state index in [1.165, 1.54) is 13.2 Å². The summed E-state index contributed by atoms with van der Waals surface area (Å²) in [5, 5.41) is 2.87. The molecule has 0 aromatic heterocycles. The highest BCUT2D eigenvalue weighted by Crippen LogP contribution is 2.27. The van der Waals surface area contributed by atoms with E-state index in [0.717, 1.165) is 10.6 Å². The van der Waals surface area contributed by atoms with Gasteiger partial charge in [0.25, 0.3) is 5.91 Å². The van der Waals surface area contributed by atoms with Crippen LogP contribution < -0.4 is 5.32 Å². The Bertz CT molecular complexity index is 707. The monoisotopic (exact) mass is 347 g/mol. The van der Waals surface area contributed by atoms with Gasteiger partial charge < -0.3 is 10.1 Å². The minimum absolute atomic E-state index is 0.175. The van der Waals surface area contributed by atoms with E-state index in [4.69, 9.17) is 4.74 Å². The molecule has 0 saturated heterocycles. The summed E-state index contributed by atoms with van der Waals surface area (Å²) in [7, 11) is 1.51. The molecule has 3 nitrogen and oxygen atoms in total. The van der Waals surface area contributed by atoms with Crippen LogP contribution in [0.3, 0.4) is 0 Å². The number of carbonyl (C=O) groups is 1. The maximum atomic E-state index is 14.1. The predicted octanol–water partition coefficient (Wildman–Crippen LogP) is 4.23. The third-order valence-electron chi connectivity index (χ3n) is 3.91. The maximum absolute atomic E-state index is 14.1. The molecule has 0 aliphatic rings. The maximum Gasteiger partial charge on any atom is 0.252 e. The Morgan fingerprint density at radius 2 is 1.88 bits per heavy atom. The van der Waals surface area contributed by atoms with Crippen LogP contribution in [0.25, 0.3) is 0 Å². The number of benzene rings is 2. The Kier molecular flexibility index (Phi) is 6.40. The molecule has 0 radical (unpaired) electrons. The second-order valence-corrected chi connectivity index (χ2v) is 6.83. The molecule has 24 heavy (non-hydrogen) atoms. The van der Waals surface area contributed by atoms with Crippen LogP contribution in [0.5, 0.6) is 0 Å². The zero-order valence-corrected chi connectivity index (χ0v) is 15.0. The van der Waals surface area contributed by atoms with Crippen molar-refractivity contribution in [3.63, 3.8) is 0 Å². The number of hydrogen-bond acceptors (Lipinski definition) is 3. The van der Waals surface area contributed by atoms with Crippen LogP contribution in [0.15, 0.2) is 53.4 Å². The molecule has 0 spiro atoms. The van der Waals surface area contributed by atoms with Crippen LogP contribution in [0.4, 0.5) is 4.39 Å². The lowest BCUT2D eigenvalue weighted by molar-refractivity contribution is 0.000365. The van der Waals surface area contributed by atoms with Crippen molar-refractivity contribution in [1.82, 2.24) is 5.32 Å². The normalized spacial score (nSPS) is 13.3. The summed E-state index contributed by atoms with van der Waals surface area (Å²) in [5.74, 6) is 0.346. The summed E-state index contributed by atoms with van der Waals surface area (Å²) < 4.78 is 19.6. The van der Waals surface area contributed by atoms with E-state index in [2.05, 4.69) is 5.32 Å². The second kappa shape index (κ2) is 8.31. The van der Waals surface area contributed by atoms with E-state index in [9.17, 15) is 9.18 Å². The molecule has 0 aliphatic heterocycles. The van der Waals surface area contributed by atoms with Gasteiger partial charge in [-0.25, -0.2) is 4.39 Å².